The minimum Gasteiger partial charge on any atom is -0.352 e. The zero-order chi connectivity index (χ0) is 14.1. The van der Waals surface area contributed by atoms with E-state index in [0.717, 1.165) is 34.7 Å². The second kappa shape index (κ2) is 5.86. The summed E-state index contributed by atoms with van der Waals surface area (Å²) in [5.41, 5.74) is 1.85. The molecule has 0 spiro atoms. The molecule has 1 unspecified atom stereocenters. The first-order valence-corrected chi connectivity index (χ1v) is 8.20. The van der Waals surface area contributed by atoms with Crippen molar-refractivity contribution in [3.8, 4) is 0 Å². The number of nitrogens with one attached hydrogen (secondary N) is 1. The van der Waals surface area contributed by atoms with Crippen LogP contribution >= 0.6 is 15.9 Å². The van der Waals surface area contributed by atoms with Gasteiger partial charge in [0.25, 0.3) is 5.91 Å². The van der Waals surface area contributed by atoms with Crippen LogP contribution in [0.4, 0.5) is 0 Å². The van der Waals surface area contributed by atoms with Gasteiger partial charge in [-0.25, -0.2) is 0 Å². The topological polar surface area (TPSA) is 32.3 Å². The van der Waals surface area contributed by atoms with Gasteiger partial charge in [-0.2, -0.15) is 0 Å². The number of aryl methyl sites for hydroxylation is 1. The van der Waals surface area contributed by atoms with E-state index in [1.54, 1.807) is 0 Å². The molecular formula is C16H21BrN2O. The number of nitrogens with zero attached hydrogens (tertiary/aromatic N) is 1. The molecule has 0 bridgehead atoms. The number of hydrogen-bond donors (Lipinski definition) is 1. The Bertz CT molecular complexity index is 493. The molecule has 1 amide bonds. The number of benzene rings is 1. The maximum atomic E-state index is 12.2. The number of carbonyl (C=O) groups excluding carboxylic acids is 1. The van der Waals surface area contributed by atoms with Crippen molar-refractivity contribution < 1.29 is 4.79 Å². The second-order valence-corrected chi connectivity index (χ2v) is 7.02. The molecule has 1 aliphatic carbocycles. The largest absolute Gasteiger partial charge is 0.352 e. The molecule has 1 aliphatic heterocycles. The summed E-state index contributed by atoms with van der Waals surface area (Å²) in [5.74, 6) is 0.659. The summed E-state index contributed by atoms with van der Waals surface area (Å²) in [5, 5.41) is 3.09. The molecule has 0 radical (unpaired) electrons. The summed E-state index contributed by atoms with van der Waals surface area (Å²) in [6.45, 7) is 5.17. The van der Waals surface area contributed by atoms with E-state index in [-0.39, 0.29) is 5.91 Å². The van der Waals surface area contributed by atoms with E-state index in [9.17, 15) is 4.79 Å². The quantitative estimate of drug-likeness (QED) is 0.916. The number of likely N-dealkylation sites (tertiary alicyclic amines) is 1. The molecular weight excluding hydrogens is 316 g/mol. The normalized spacial score (nSPS) is 23.0. The van der Waals surface area contributed by atoms with Crippen LogP contribution in [-0.2, 0) is 0 Å². The van der Waals surface area contributed by atoms with Crippen molar-refractivity contribution in [2.24, 2.45) is 5.92 Å². The van der Waals surface area contributed by atoms with Crippen LogP contribution in [-0.4, -0.2) is 36.5 Å². The molecule has 3 rings (SSSR count). The third-order valence-electron chi connectivity index (χ3n) is 4.24. The summed E-state index contributed by atoms with van der Waals surface area (Å²) in [6, 6.07) is 6.68. The molecule has 3 nitrogen and oxygen atoms in total. The third-order valence-corrected chi connectivity index (χ3v) is 4.69. The van der Waals surface area contributed by atoms with Gasteiger partial charge in [-0.1, -0.05) is 15.9 Å². The number of carbonyl (C=O) groups is 1. The molecule has 1 aromatic carbocycles. The Kier molecular flexibility index (Phi) is 4.13. The minimum atomic E-state index is 0.0410. The fraction of sp³-hybridized carbons (Fsp3) is 0.562. The van der Waals surface area contributed by atoms with Crippen LogP contribution in [0.2, 0.25) is 0 Å². The molecule has 4 heteroatoms. The van der Waals surface area contributed by atoms with Crippen LogP contribution in [0, 0.1) is 12.8 Å². The van der Waals surface area contributed by atoms with Crippen molar-refractivity contribution in [2.45, 2.75) is 32.2 Å². The van der Waals surface area contributed by atoms with Crippen molar-refractivity contribution >= 4 is 21.8 Å². The molecule has 2 fully saturated rings. The third kappa shape index (κ3) is 3.41. The maximum Gasteiger partial charge on any atom is 0.251 e. The van der Waals surface area contributed by atoms with Gasteiger partial charge in [-0.05, 0) is 62.4 Å². The van der Waals surface area contributed by atoms with E-state index in [4.69, 9.17) is 0 Å². The lowest BCUT2D eigenvalue weighted by atomic mass is 10.1. The van der Waals surface area contributed by atoms with Gasteiger partial charge in [-0.3, -0.25) is 4.79 Å². The van der Waals surface area contributed by atoms with E-state index in [0.29, 0.717) is 5.92 Å². The van der Waals surface area contributed by atoms with Crippen molar-refractivity contribution in [1.29, 1.82) is 0 Å². The lowest BCUT2D eigenvalue weighted by Gasteiger charge is -2.15. The van der Waals surface area contributed by atoms with Crippen molar-refractivity contribution in [1.82, 2.24) is 10.2 Å². The molecule has 1 aromatic rings. The van der Waals surface area contributed by atoms with Crippen molar-refractivity contribution in [3.63, 3.8) is 0 Å². The lowest BCUT2D eigenvalue weighted by molar-refractivity contribution is 0.0947. The number of hydrogen-bond acceptors (Lipinski definition) is 2. The predicted molar refractivity (Wildman–Crippen MR) is 83.9 cm³/mol. The van der Waals surface area contributed by atoms with Gasteiger partial charge < -0.3 is 10.2 Å². The summed E-state index contributed by atoms with van der Waals surface area (Å²) in [6.07, 6.45) is 3.96. The zero-order valence-corrected chi connectivity index (χ0v) is 13.4. The van der Waals surface area contributed by atoms with E-state index in [2.05, 4.69) is 26.1 Å². The van der Waals surface area contributed by atoms with E-state index in [1.165, 1.54) is 25.8 Å². The first kappa shape index (κ1) is 14.1. The van der Waals surface area contributed by atoms with Crippen LogP contribution in [0.15, 0.2) is 22.7 Å². The van der Waals surface area contributed by atoms with Gasteiger partial charge in [0.05, 0.1) is 0 Å². The number of halogens is 1. The Balaban J connectivity index is 1.51. The minimum absolute atomic E-state index is 0.0410. The standard InChI is InChI=1S/C16H21BrN2O/c1-11-6-13(8-14(17)7-11)16(20)18-9-12-4-5-19(10-12)15-2-3-15/h6-8,12,15H,2-5,9-10H2,1H3,(H,18,20). The highest BCUT2D eigenvalue weighted by molar-refractivity contribution is 9.10. The molecule has 2 aliphatic rings. The average molecular weight is 337 g/mol. The van der Waals surface area contributed by atoms with E-state index >= 15 is 0 Å². The molecule has 1 N–H and O–H groups in total. The summed E-state index contributed by atoms with van der Waals surface area (Å²) in [4.78, 5) is 14.8. The molecule has 0 aromatic heterocycles. The molecule has 1 saturated carbocycles. The highest BCUT2D eigenvalue weighted by atomic mass is 79.9. The molecule has 1 heterocycles. The molecule has 1 atom stereocenters. The Morgan fingerprint density at radius 1 is 1.35 bits per heavy atom. The Morgan fingerprint density at radius 2 is 2.15 bits per heavy atom. The average Bonchev–Trinajstić information content (AvgIpc) is 3.14. The highest BCUT2D eigenvalue weighted by Crippen LogP contribution is 2.31. The first-order valence-electron chi connectivity index (χ1n) is 7.41. The van der Waals surface area contributed by atoms with Gasteiger partial charge in [0.1, 0.15) is 0 Å². The van der Waals surface area contributed by atoms with Gasteiger partial charge in [-0.15, -0.1) is 0 Å². The van der Waals surface area contributed by atoms with Crippen LogP contribution in [0.25, 0.3) is 0 Å². The molecule has 1 saturated heterocycles. The Morgan fingerprint density at radius 3 is 2.85 bits per heavy atom. The van der Waals surface area contributed by atoms with Gasteiger partial charge in [0, 0.05) is 29.2 Å². The van der Waals surface area contributed by atoms with Crippen LogP contribution in [0.1, 0.15) is 35.2 Å². The second-order valence-electron chi connectivity index (χ2n) is 6.11. The molecule has 108 valence electrons. The zero-order valence-electron chi connectivity index (χ0n) is 11.9. The van der Waals surface area contributed by atoms with Crippen LogP contribution in [0.3, 0.4) is 0 Å². The Hall–Kier alpha value is -0.870. The van der Waals surface area contributed by atoms with Crippen molar-refractivity contribution in [3.05, 3.63) is 33.8 Å². The van der Waals surface area contributed by atoms with Gasteiger partial charge >= 0.3 is 0 Å². The maximum absolute atomic E-state index is 12.2. The van der Waals surface area contributed by atoms with E-state index < -0.39 is 0 Å². The van der Waals surface area contributed by atoms with Crippen molar-refractivity contribution in [2.75, 3.05) is 19.6 Å². The fourth-order valence-corrected chi connectivity index (χ4v) is 3.61. The van der Waals surface area contributed by atoms with Gasteiger partial charge in [0.2, 0.25) is 0 Å². The summed E-state index contributed by atoms with van der Waals surface area (Å²) >= 11 is 3.44. The smallest absolute Gasteiger partial charge is 0.251 e. The Labute approximate surface area is 128 Å². The predicted octanol–water partition coefficient (Wildman–Crippen LogP) is 2.97. The van der Waals surface area contributed by atoms with Crippen LogP contribution in [0.5, 0.6) is 0 Å². The number of amides is 1. The summed E-state index contributed by atoms with van der Waals surface area (Å²) < 4.78 is 0.962. The fourth-order valence-electron chi connectivity index (χ4n) is 3.01. The lowest BCUT2D eigenvalue weighted by Crippen LogP contribution is -2.31. The summed E-state index contributed by atoms with van der Waals surface area (Å²) in [7, 11) is 0. The van der Waals surface area contributed by atoms with Gasteiger partial charge in [0.15, 0.2) is 0 Å². The highest BCUT2D eigenvalue weighted by Gasteiger charge is 2.34. The van der Waals surface area contributed by atoms with E-state index in [1.807, 2.05) is 25.1 Å². The SMILES string of the molecule is Cc1cc(Br)cc(C(=O)NCC2CCN(C3CC3)C2)c1. The van der Waals surface area contributed by atoms with Crippen LogP contribution < -0.4 is 5.32 Å². The first-order chi connectivity index (χ1) is 9.61. The molecule has 20 heavy (non-hydrogen) atoms. The number of rotatable bonds is 4. The monoisotopic (exact) mass is 336 g/mol.